The molecule has 30 heavy (non-hydrogen) atoms. The number of aryl methyl sites for hydroxylation is 3. The number of ketones is 1. The molecule has 0 amide bonds. The van der Waals surface area contributed by atoms with E-state index in [1.807, 2.05) is 32.9 Å². The predicted octanol–water partition coefficient (Wildman–Crippen LogP) is 4.68. The molecule has 0 radical (unpaired) electrons. The van der Waals surface area contributed by atoms with E-state index in [4.69, 9.17) is 11.6 Å². The number of fused-ring (bicyclic) bond motifs is 1. The molecule has 0 aliphatic carbocycles. The van der Waals surface area contributed by atoms with E-state index in [0.29, 0.717) is 26.5 Å². The van der Waals surface area contributed by atoms with Crippen molar-refractivity contribution in [3.05, 3.63) is 96.0 Å². The number of nitrogens with zero attached hydrogens (tertiary/aromatic N) is 2. The first-order valence-electron chi connectivity index (χ1n) is 9.39. The van der Waals surface area contributed by atoms with E-state index in [1.54, 1.807) is 36.4 Å². The maximum atomic E-state index is 13.4. The molecule has 0 aliphatic heterocycles. The predicted molar refractivity (Wildman–Crippen MR) is 122 cm³/mol. The van der Waals surface area contributed by atoms with E-state index in [9.17, 15) is 14.4 Å². The third kappa shape index (κ3) is 3.42. The van der Waals surface area contributed by atoms with Gasteiger partial charge >= 0.3 is 5.69 Å². The third-order valence-corrected chi connectivity index (χ3v) is 6.66. The molecule has 0 saturated heterocycles. The Balaban J connectivity index is 1.98. The highest BCUT2D eigenvalue weighted by Gasteiger charge is 2.21. The minimum atomic E-state index is -0.559. The van der Waals surface area contributed by atoms with Gasteiger partial charge in [-0.1, -0.05) is 47.5 Å². The fraction of sp³-hybridized carbons (Fsp3) is 0.174. The summed E-state index contributed by atoms with van der Waals surface area (Å²) in [6.07, 6.45) is 0. The smallest absolute Gasteiger partial charge is 0.292 e. The molecule has 0 saturated carbocycles. The maximum absolute atomic E-state index is 13.4. The largest absolute Gasteiger partial charge is 0.337 e. The van der Waals surface area contributed by atoms with Crippen LogP contribution in [0.2, 0.25) is 5.02 Å². The second-order valence-electron chi connectivity index (χ2n) is 7.24. The van der Waals surface area contributed by atoms with Crippen LogP contribution < -0.4 is 11.2 Å². The Hall–Kier alpha value is -2.96. The fourth-order valence-electron chi connectivity index (χ4n) is 3.41. The van der Waals surface area contributed by atoms with Gasteiger partial charge in [0, 0.05) is 15.5 Å². The molecule has 0 spiro atoms. The molecule has 0 aliphatic rings. The molecule has 7 heteroatoms. The van der Waals surface area contributed by atoms with Gasteiger partial charge in [0.25, 0.3) is 5.56 Å². The van der Waals surface area contributed by atoms with Gasteiger partial charge in [-0.2, -0.15) is 0 Å². The van der Waals surface area contributed by atoms with Gasteiger partial charge in [-0.3, -0.25) is 14.2 Å². The zero-order valence-corrected chi connectivity index (χ0v) is 18.3. The number of carbonyl (C=O) groups excluding carboxylic acids is 1. The van der Waals surface area contributed by atoms with Crippen molar-refractivity contribution in [1.82, 2.24) is 9.13 Å². The number of halogens is 1. The van der Waals surface area contributed by atoms with Gasteiger partial charge in [-0.15, -0.1) is 11.3 Å². The summed E-state index contributed by atoms with van der Waals surface area (Å²) in [6, 6.07) is 13.8. The first-order chi connectivity index (χ1) is 14.3. The molecule has 0 bridgehead atoms. The quantitative estimate of drug-likeness (QED) is 0.435. The second-order valence-corrected chi connectivity index (χ2v) is 8.88. The number of rotatable bonds is 4. The normalized spacial score (nSPS) is 11.2. The molecular formula is C23H19ClN2O3S. The monoisotopic (exact) mass is 438 g/mol. The summed E-state index contributed by atoms with van der Waals surface area (Å²) in [5, 5.41) is 0.869. The molecule has 4 rings (SSSR count). The average molecular weight is 439 g/mol. The number of hydrogen-bond donors (Lipinski definition) is 0. The Labute approximate surface area is 181 Å². The standard InChI is InChI=1S/C23H19ClN2O3S/c1-13-7-9-16(10-8-13)19(27)12-25-22-20(14(2)15(3)30-22)21(28)26(23(25)29)18-6-4-5-17(24)11-18/h4-11H,12H2,1-3H3. The molecule has 4 aromatic rings. The Kier molecular flexibility index (Phi) is 5.22. The highest BCUT2D eigenvalue weighted by Crippen LogP contribution is 2.27. The highest BCUT2D eigenvalue weighted by molar-refractivity contribution is 7.18. The van der Waals surface area contributed by atoms with Crippen molar-refractivity contribution in [2.75, 3.05) is 0 Å². The summed E-state index contributed by atoms with van der Waals surface area (Å²) in [6.45, 7) is 5.55. The van der Waals surface area contributed by atoms with E-state index in [2.05, 4.69) is 0 Å². The molecule has 2 heterocycles. The molecule has 2 aromatic heterocycles. The lowest BCUT2D eigenvalue weighted by Crippen LogP contribution is -2.39. The van der Waals surface area contributed by atoms with Crippen molar-refractivity contribution in [3.8, 4) is 5.69 Å². The van der Waals surface area contributed by atoms with Gasteiger partial charge in [0.1, 0.15) is 4.83 Å². The lowest BCUT2D eigenvalue weighted by Gasteiger charge is -2.12. The second kappa shape index (κ2) is 7.70. The van der Waals surface area contributed by atoms with Crippen LogP contribution in [0.3, 0.4) is 0 Å². The van der Waals surface area contributed by atoms with Crippen LogP contribution in [-0.4, -0.2) is 14.9 Å². The van der Waals surface area contributed by atoms with Gasteiger partial charge in [-0.05, 0) is 44.5 Å². The summed E-state index contributed by atoms with van der Waals surface area (Å²) >= 11 is 7.45. The third-order valence-electron chi connectivity index (χ3n) is 5.19. The Bertz CT molecular complexity index is 1410. The zero-order valence-electron chi connectivity index (χ0n) is 16.7. The van der Waals surface area contributed by atoms with Crippen molar-refractivity contribution < 1.29 is 4.79 Å². The van der Waals surface area contributed by atoms with E-state index < -0.39 is 11.2 Å². The van der Waals surface area contributed by atoms with Gasteiger partial charge in [0.05, 0.1) is 17.6 Å². The lowest BCUT2D eigenvalue weighted by atomic mass is 10.1. The van der Waals surface area contributed by atoms with Crippen LogP contribution in [-0.2, 0) is 6.54 Å². The summed E-state index contributed by atoms with van der Waals surface area (Å²) < 4.78 is 2.49. The average Bonchev–Trinajstić information content (AvgIpc) is 3.00. The van der Waals surface area contributed by atoms with Crippen molar-refractivity contribution in [2.24, 2.45) is 0 Å². The molecular weight excluding hydrogens is 420 g/mol. The first-order valence-corrected chi connectivity index (χ1v) is 10.6. The van der Waals surface area contributed by atoms with E-state index in [-0.39, 0.29) is 12.3 Å². The summed E-state index contributed by atoms with van der Waals surface area (Å²) in [5.41, 5.74) is 1.79. The maximum Gasteiger partial charge on any atom is 0.337 e. The topological polar surface area (TPSA) is 61.1 Å². The molecule has 5 nitrogen and oxygen atoms in total. The Morgan fingerprint density at radius 1 is 1.03 bits per heavy atom. The van der Waals surface area contributed by atoms with Gasteiger partial charge in [0.15, 0.2) is 5.78 Å². The minimum Gasteiger partial charge on any atom is -0.292 e. The van der Waals surface area contributed by atoms with Crippen molar-refractivity contribution in [2.45, 2.75) is 27.3 Å². The van der Waals surface area contributed by atoms with Crippen LogP contribution in [0.25, 0.3) is 15.9 Å². The van der Waals surface area contributed by atoms with Crippen LogP contribution >= 0.6 is 22.9 Å². The molecule has 0 fully saturated rings. The number of Topliss-reactive ketones (excluding diaryl/α,β-unsaturated/α-hetero) is 1. The number of benzene rings is 2. The van der Waals surface area contributed by atoms with Crippen LogP contribution in [0.5, 0.6) is 0 Å². The number of carbonyl (C=O) groups is 1. The first kappa shape index (κ1) is 20.3. The van der Waals surface area contributed by atoms with E-state index >= 15 is 0 Å². The number of thiophene rings is 1. The molecule has 0 unspecified atom stereocenters. The summed E-state index contributed by atoms with van der Waals surface area (Å²) in [7, 11) is 0. The SMILES string of the molecule is Cc1ccc(C(=O)Cn2c(=O)n(-c3cccc(Cl)c3)c(=O)c3c(C)c(C)sc32)cc1. The highest BCUT2D eigenvalue weighted by atomic mass is 35.5. The van der Waals surface area contributed by atoms with Crippen molar-refractivity contribution >= 4 is 38.9 Å². The van der Waals surface area contributed by atoms with Crippen LogP contribution in [0.1, 0.15) is 26.4 Å². The van der Waals surface area contributed by atoms with Crippen LogP contribution in [0.4, 0.5) is 0 Å². The lowest BCUT2D eigenvalue weighted by molar-refractivity contribution is 0.0972. The van der Waals surface area contributed by atoms with Crippen LogP contribution in [0, 0.1) is 20.8 Å². The summed E-state index contributed by atoms with van der Waals surface area (Å²) in [4.78, 5) is 41.0. The molecule has 0 N–H and O–H groups in total. The van der Waals surface area contributed by atoms with Crippen molar-refractivity contribution in [1.29, 1.82) is 0 Å². The van der Waals surface area contributed by atoms with Gasteiger partial charge in [-0.25, -0.2) is 9.36 Å². The van der Waals surface area contributed by atoms with E-state index in [0.717, 1.165) is 20.6 Å². The molecule has 2 aromatic carbocycles. The summed E-state index contributed by atoms with van der Waals surface area (Å²) in [5.74, 6) is -0.196. The van der Waals surface area contributed by atoms with Crippen LogP contribution in [0.15, 0.2) is 58.1 Å². The molecule has 152 valence electrons. The Morgan fingerprint density at radius 2 is 1.73 bits per heavy atom. The Morgan fingerprint density at radius 3 is 2.40 bits per heavy atom. The minimum absolute atomic E-state index is 0.154. The fourth-order valence-corrected chi connectivity index (χ4v) is 4.74. The zero-order chi connectivity index (χ0) is 21.6. The number of hydrogen-bond acceptors (Lipinski definition) is 4. The molecule has 0 atom stereocenters. The van der Waals surface area contributed by atoms with E-state index in [1.165, 1.54) is 15.9 Å². The van der Waals surface area contributed by atoms with Crippen molar-refractivity contribution in [3.63, 3.8) is 0 Å². The number of aromatic nitrogens is 2. The van der Waals surface area contributed by atoms with Gasteiger partial charge in [0.2, 0.25) is 0 Å². The van der Waals surface area contributed by atoms with Gasteiger partial charge < -0.3 is 0 Å².